The van der Waals surface area contributed by atoms with Crippen LogP contribution in [0.2, 0.25) is 0 Å². The lowest BCUT2D eigenvalue weighted by atomic mass is 9.84. The van der Waals surface area contributed by atoms with Crippen molar-refractivity contribution in [3.05, 3.63) is 17.5 Å². The summed E-state index contributed by atoms with van der Waals surface area (Å²) >= 11 is 0. The minimum absolute atomic E-state index is 0.712. The molecule has 19 heavy (non-hydrogen) atoms. The zero-order valence-corrected chi connectivity index (χ0v) is 12.8. The number of rotatable bonds is 6. The van der Waals surface area contributed by atoms with Gasteiger partial charge in [-0.3, -0.25) is 4.68 Å². The Balaban J connectivity index is 1.89. The number of aromatic nitrogens is 2. The SMILES string of the molecule is CCc1cc(CNC2CCCC(CC)C2)n(CC)n1. The van der Waals surface area contributed by atoms with Crippen molar-refractivity contribution in [1.82, 2.24) is 15.1 Å². The van der Waals surface area contributed by atoms with E-state index in [1.54, 1.807) is 0 Å². The number of hydrogen-bond donors (Lipinski definition) is 1. The molecular weight excluding hydrogens is 234 g/mol. The molecule has 3 nitrogen and oxygen atoms in total. The van der Waals surface area contributed by atoms with Crippen LogP contribution in [0.15, 0.2) is 6.07 Å². The average molecular weight is 263 g/mol. The minimum Gasteiger partial charge on any atom is -0.308 e. The highest BCUT2D eigenvalue weighted by Gasteiger charge is 2.20. The van der Waals surface area contributed by atoms with Gasteiger partial charge in [0.2, 0.25) is 0 Å². The summed E-state index contributed by atoms with van der Waals surface area (Å²) in [6, 6.07) is 2.97. The molecule has 0 aromatic carbocycles. The van der Waals surface area contributed by atoms with Gasteiger partial charge in [-0.15, -0.1) is 0 Å². The topological polar surface area (TPSA) is 29.9 Å². The second-order valence-electron chi connectivity index (χ2n) is 5.82. The maximum absolute atomic E-state index is 4.62. The highest BCUT2D eigenvalue weighted by molar-refractivity contribution is 5.10. The minimum atomic E-state index is 0.712. The Morgan fingerprint density at radius 1 is 1.32 bits per heavy atom. The van der Waals surface area contributed by atoms with Crippen LogP contribution in [-0.2, 0) is 19.5 Å². The standard InChI is InChI=1S/C16H29N3/c1-4-13-8-7-9-15(10-13)17-12-16-11-14(5-2)18-19(16)6-3/h11,13,15,17H,4-10,12H2,1-3H3. The Morgan fingerprint density at radius 2 is 2.16 bits per heavy atom. The Kier molecular flexibility index (Phi) is 5.44. The molecule has 2 atom stereocenters. The van der Waals surface area contributed by atoms with Crippen molar-refractivity contribution in [3.8, 4) is 0 Å². The molecule has 1 N–H and O–H groups in total. The second kappa shape index (κ2) is 7.09. The molecule has 1 heterocycles. The van der Waals surface area contributed by atoms with Gasteiger partial charge in [0, 0.05) is 19.1 Å². The zero-order chi connectivity index (χ0) is 13.7. The molecule has 3 heteroatoms. The van der Waals surface area contributed by atoms with Gasteiger partial charge in [-0.2, -0.15) is 5.10 Å². The summed E-state index contributed by atoms with van der Waals surface area (Å²) in [5.41, 5.74) is 2.56. The van der Waals surface area contributed by atoms with E-state index in [9.17, 15) is 0 Å². The van der Waals surface area contributed by atoms with E-state index in [2.05, 4.69) is 41.9 Å². The van der Waals surface area contributed by atoms with Crippen molar-refractivity contribution in [1.29, 1.82) is 0 Å². The fourth-order valence-electron chi connectivity index (χ4n) is 3.20. The Morgan fingerprint density at radius 3 is 2.84 bits per heavy atom. The smallest absolute Gasteiger partial charge is 0.0625 e. The van der Waals surface area contributed by atoms with Crippen molar-refractivity contribution in [3.63, 3.8) is 0 Å². The lowest BCUT2D eigenvalue weighted by Crippen LogP contribution is -2.34. The van der Waals surface area contributed by atoms with Crippen LogP contribution in [0, 0.1) is 5.92 Å². The van der Waals surface area contributed by atoms with Crippen LogP contribution in [0.1, 0.15) is 64.3 Å². The van der Waals surface area contributed by atoms with Gasteiger partial charge in [-0.25, -0.2) is 0 Å². The summed E-state index contributed by atoms with van der Waals surface area (Å²) in [6.45, 7) is 8.62. The van der Waals surface area contributed by atoms with E-state index in [4.69, 9.17) is 0 Å². The number of nitrogens with zero attached hydrogens (tertiary/aromatic N) is 2. The van der Waals surface area contributed by atoms with Gasteiger partial charge in [0.25, 0.3) is 0 Å². The molecule has 0 saturated heterocycles. The first-order valence-corrected chi connectivity index (χ1v) is 8.05. The Hall–Kier alpha value is -0.830. The van der Waals surface area contributed by atoms with Gasteiger partial charge in [0.15, 0.2) is 0 Å². The summed E-state index contributed by atoms with van der Waals surface area (Å²) in [5, 5.41) is 8.37. The van der Waals surface area contributed by atoms with Crippen molar-refractivity contribution in [2.75, 3.05) is 0 Å². The van der Waals surface area contributed by atoms with Crippen molar-refractivity contribution in [2.24, 2.45) is 5.92 Å². The molecule has 0 spiro atoms. The van der Waals surface area contributed by atoms with Crippen LogP contribution in [0.4, 0.5) is 0 Å². The molecule has 1 aromatic rings. The molecule has 2 unspecified atom stereocenters. The third kappa shape index (κ3) is 3.82. The first kappa shape index (κ1) is 14.6. The maximum atomic E-state index is 4.62. The summed E-state index contributed by atoms with van der Waals surface area (Å²) < 4.78 is 2.14. The molecule has 1 fully saturated rings. The summed E-state index contributed by atoms with van der Waals surface area (Å²) in [4.78, 5) is 0. The molecule has 0 aliphatic heterocycles. The third-order valence-electron chi connectivity index (χ3n) is 4.51. The van der Waals surface area contributed by atoms with Crippen molar-refractivity contribution >= 4 is 0 Å². The number of aryl methyl sites for hydroxylation is 2. The fourth-order valence-corrected chi connectivity index (χ4v) is 3.20. The lowest BCUT2D eigenvalue weighted by molar-refractivity contribution is 0.276. The highest BCUT2D eigenvalue weighted by atomic mass is 15.3. The molecule has 0 amide bonds. The molecule has 0 radical (unpaired) electrons. The third-order valence-corrected chi connectivity index (χ3v) is 4.51. The van der Waals surface area contributed by atoms with Crippen LogP contribution >= 0.6 is 0 Å². The summed E-state index contributed by atoms with van der Waals surface area (Å²) in [7, 11) is 0. The molecule has 2 rings (SSSR count). The molecule has 1 aliphatic carbocycles. The van der Waals surface area contributed by atoms with E-state index in [1.807, 2.05) is 0 Å². The zero-order valence-electron chi connectivity index (χ0n) is 12.8. The molecule has 0 bridgehead atoms. The first-order valence-electron chi connectivity index (χ1n) is 8.05. The van der Waals surface area contributed by atoms with E-state index < -0.39 is 0 Å². The van der Waals surface area contributed by atoms with Crippen LogP contribution < -0.4 is 5.32 Å². The van der Waals surface area contributed by atoms with Crippen LogP contribution in [0.5, 0.6) is 0 Å². The Labute approximate surface area is 117 Å². The quantitative estimate of drug-likeness (QED) is 0.851. The molecule has 108 valence electrons. The molecule has 1 aliphatic rings. The van der Waals surface area contributed by atoms with E-state index in [1.165, 1.54) is 43.5 Å². The van der Waals surface area contributed by atoms with Crippen LogP contribution in [0.25, 0.3) is 0 Å². The number of nitrogens with one attached hydrogen (secondary N) is 1. The lowest BCUT2D eigenvalue weighted by Gasteiger charge is -2.29. The van der Waals surface area contributed by atoms with Crippen molar-refractivity contribution in [2.45, 2.75) is 78.4 Å². The summed E-state index contributed by atoms with van der Waals surface area (Å²) in [5.74, 6) is 0.938. The molecular formula is C16H29N3. The van der Waals surface area contributed by atoms with Gasteiger partial charge < -0.3 is 5.32 Å². The number of hydrogen-bond acceptors (Lipinski definition) is 2. The van der Waals surface area contributed by atoms with Gasteiger partial charge in [-0.05, 0) is 38.2 Å². The van der Waals surface area contributed by atoms with Crippen LogP contribution in [-0.4, -0.2) is 15.8 Å². The Bertz CT molecular complexity index is 383. The molecule has 1 aromatic heterocycles. The van der Waals surface area contributed by atoms with Crippen molar-refractivity contribution < 1.29 is 0 Å². The van der Waals surface area contributed by atoms with E-state index >= 15 is 0 Å². The fraction of sp³-hybridized carbons (Fsp3) is 0.812. The summed E-state index contributed by atoms with van der Waals surface area (Å²) in [6.07, 6.45) is 7.90. The predicted molar refractivity (Wildman–Crippen MR) is 80.2 cm³/mol. The van der Waals surface area contributed by atoms with Crippen LogP contribution in [0.3, 0.4) is 0 Å². The predicted octanol–water partition coefficient (Wildman–Crippen LogP) is 3.52. The van der Waals surface area contributed by atoms with E-state index in [0.29, 0.717) is 6.04 Å². The monoisotopic (exact) mass is 263 g/mol. The first-order chi connectivity index (χ1) is 9.26. The normalized spacial score (nSPS) is 23.7. The van der Waals surface area contributed by atoms with E-state index in [-0.39, 0.29) is 0 Å². The molecule has 1 saturated carbocycles. The second-order valence-corrected chi connectivity index (χ2v) is 5.82. The average Bonchev–Trinajstić information content (AvgIpc) is 2.87. The maximum Gasteiger partial charge on any atom is 0.0625 e. The van der Waals surface area contributed by atoms with Gasteiger partial charge >= 0.3 is 0 Å². The van der Waals surface area contributed by atoms with Gasteiger partial charge in [0.05, 0.1) is 11.4 Å². The van der Waals surface area contributed by atoms with Gasteiger partial charge in [-0.1, -0.05) is 33.1 Å². The van der Waals surface area contributed by atoms with E-state index in [0.717, 1.165) is 25.4 Å². The largest absolute Gasteiger partial charge is 0.308 e. The highest BCUT2D eigenvalue weighted by Crippen LogP contribution is 2.26. The van der Waals surface area contributed by atoms with Gasteiger partial charge in [0.1, 0.15) is 0 Å².